The predicted octanol–water partition coefficient (Wildman–Crippen LogP) is 10.1. The van der Waals surface area contributed by atoms with Gasteiger partial charge in [0, 0.05) is 12.8 Å². The third kappa shape index (κ3) is 37.5. The summed E-state index contributed by atoms with van der Waals surface area (Å²) in [6, 6.07) is 0. The highest BCUT2D eigenvalue weighted by Crippen LogP contribution is 2.43. The fraction of sp³-hybridized carbons (Fsp3) is 0.667. The molecule has 0 aromatic heterocycles. The van der Waals surface area contributed by atoms with Gasteiger partial charge in [0.2, 0.25) is 0 Å². The second kappa shape index (κ2) is 37.7. The fourth-order valence-corrected chi connectivity index (χ4v) is 5.58. The van der Waals surface area contributed by atoms with E-state index in [9.17, 15) is 24.2 Å². The molecule has 304 valence electrons. The Labute approximate surface area is 320 Å². The van der Waals surface area contributed by atoms with Crippen LogP contribution in [0.4, 0.5) is 0 Å². The van der Waals surface area contributed by atoms with Gasteiger partial charge >= 0.3 is 19.8 Å². The van der Waals surface area contributed by atoms with Crippen molar-refractivity contribution in [1.82, 2.24) is 0 Å². The van der Waals surface area contributed by atoms with E-state index in [4.69, 9.17) is 19.1 Å². The Morgan fingerprint density at radius 2 is 1.06 bits per heavy atom. The van der Waals surface area contributed by atoms with Gasteiger partial charge in [-0.3, -0.25) is 18.6 Å². The molecule has 0 aliphatic carbocycles. The minimum absolute atomic E-state index is 0.101. The highest BCUT2D eigenvalue weighted by Gasteiger charge is 2.27. The first-order valence-electron chi connectivity index (χ1n) is 19.9. The highest BCUT2D eigenvalue weighted by atomic mass is 31.2. The molecule has 0 rings (SSSR count). The van der Waals surface area contributed by atoms with E-state index in [0.29, 0.717) is 19.3 Å². The Morgan fingerprint density at radius 3 is 1.64 bits per heavy atom. The summed E-state index contributed by atoms with van der Waals surface area (Å²) in [4.78, 5) is 34.8. The van der Waals surface area contributed by atoms with Gasteiger partial charge in [0.1, 0.15) is 12.7 Å². The minimum Gasteiger partial charge on any atom is -0.462 e. The van der Waals surface area contributed by atoms with Crippen molar-refractivity contribution in [3.8, 4) is 0 Å². The molecule has 0 aliphatic heterocycles. The predicted molar refractivity (Wildman–Crippen MR) is 214 cm³/mol. The largest absolute Gasteiger partial charge is 0.472 e. The van der Waals surface area contributed by atoms with E-state index in [1.165, 1.54) is 25.7 Å². The lowest BCUT2D eigenvalue weighted by molar-refractivity contribution is -0.161. The van der Waals surface area contributed by atoms with Crippen LogP contribution >= 0.6 is 7.82 Å². The molecule has 0 saturated carbocycles. The number of rotatable bonds is 36. The standard InChI is InChI=1S/C42H71O10P/c1-3-5-7-9-11-13-15-17-18-19-20-22-24-26-28-30-32-34-42(46)52-40(38-51-53(47,48)50-36-39(44)35-43)37-49-41(45)33-31-29-27-25-23-21-16-14-12-10-8-6-4-2/h5,7,11,13-14,16-18,20,22,26,28,39-40,43-44H,3-4,6,8-10,12,15,19,21,23-25,27,29-38H2,1-2H3,(H,47,48)/b7-5+,13-11+,16-14+,18-17+,22-20+,28-26+/t39-,40+/m0/s1. The monoisotopic (exact) mass is 766 g/mol. The summed E-state index contributed by atoms with van der Waals surface area (Å²) in [5.74, 6) is -1.01. The maximum atomic E-state index is 12.6. The molecule has 0 fully saturated rings. The molecule has 53 heavy (non-hydrogen) atoms. The number of ether oxygens (including phenoxy) is 2. The molecule has 10 nitrogen and oxygen atoms in total. The molecule has 0 spiro atoms. The number of hydrogen-bond acceptors (Lipinski definition) is 9. The van der Waals surface area contributed by atoms with Crippen LogP contribution in [-0.4, -0.2) is 65.7 Å². The van der Waals surface area contributed by atoms with Crippen molar-refractivity contribution in [1.29, 1.82) is 0 Å². The first-order valence-corrected chi connectivity index (χ1v) is 21.4. The molecule has 3 N–H and O–H groups in total. The Morgan fingerprint density at radius 1 is 0.585 bits per heavy atom. The van der Waals surface area contributed by atoms with Gasteiger partial charge in [-0.05, 0) is 77.0 Å². The molecule has 0 radical (unpaired) electrons. The van der Waals surface area contributed by atoms with Crippen LogP contribution < -0.4 is 0 Å². The molecular formula is C42H71O10P. The summed E-state index contributed by atoms with van der Waals surface area (Å²) >= 11 is 0. The topological polar surface area (TPSA) is 149 Å². The zero-order valence-corrected chi connectivity index (χ0v) is 33.6. The first kappa shape index (κ1) is 50.4. The molecule has 3 atom stereocenters. The molecule has 0 bridgehead atoms. The van der Waals surface area contributed by atoms with Crippen molar-refractivity contribution >= 4 is 19.8 Å². The molecule has 0 amide bonds. The van der Waals surface area contributed by atoms with Crippen molar-refractivity contribution in [2.75, 3.05) is 26.4 Å². The number of aliphatic hydroxyl groups excluding tert-OH is 2. The highest BCUT2D eigenvalue weighted by molar-refractivity contribution is 7.47. The molecule has 0 heterocycles. The smallest absolute Gasteiger partial charge is 0.462 e. The molecular weight excluding hydrogens is 695 g/mol. The molecule has 0 aromatic carbocycles. The molecule has 11 heteroatoms. The van der Waals surface area contributed by atoms with Crippen LogP contribution in [0.15, 0.2) is 72.9 Å². The Balaban J connectivity index is 4.49. The number of unbranched alkanes of at least 4 members (excludes halogenated alkanes) is 10. The minimum atomic E-state index is -4.63. The van der Waals surface area contributed by atoms with Gasteiger partial charge in [0.05, 0.1) is 19.8 Å². The Hall–Kier alpha value is -2.59. The van der Waals surface area contributed by atoms with Gasteiger partial charge in [-0.25, -0.2) is 4.57 Å². The summed E-state index contributed by atoms with van der Waals surface area (Å²) in [6.45, 7) is 2.15. The molecule has 1 unspecified atom stereocenters. The number of allylic oxidation sites excluding steroid dienone is 12. The van der Waals surface area contributed by atoms with Crippen LogP contribution in [-0.2, 0) is 32.7 Å². The summed E-state index contributed by atoms with van der Waals surface area (Å²) in [5, 5.41) is 18.3. The quantitative estimate of drug-likeness (QED) is 0.0243. The van der Waals surface area contributed by atoms with Gasteiger partial charge in [-0.15, -0.1) is 0 Å². The van der Waals surface area contributed by atoms with Crippen LogP contribution in [0.3, 0.4) is 0 Å². The molecule has 0 saturated heterocycles. The summed E-state index contributed by atoms with van der Waals surface area (Å²) in [7, 11) is -4.63. The number of phosphoric ester groups is 1. The Kier molecular flexibility index (Phi) is 35.9. The lowest BCUT2D eigenvalue weighted by Gasteiger charge is -2.20. The van der Waals surface area contributed by atoms with Gasteiger partial charge in [-0.2, -0.15) is 0 Å². The van der Waals surface area contributed by atoms with Crippen molar-refractivity contribution in [3.05, 3.63) is 72.9 Å². The number of carbonyl (C=O) groups excluding carboxylic acids is 2. The van der Waals surface area contributed by atoms with Crippen LogP contribution in [0.1, 0.15) is 142 Å². The van der Waals surface area contributed by atoms with Gasteiger partial charge in [-0.1, -0.05) is 125 Å². The zero-order valence-electron chi connectivity index (χ0n) is 32.7. The van der Waals surface area contributed by atoms with E-state index in [1.54, 1.807) is 0 Å². The van der Waals surface area contributed by atoms with E-state index in [2.05, 4.69) is 79.1 Å². The lowest BCUT2D eigenvalue weighted by atomic mass is 10.1. The van der Waals surface area contributed by atoms with Crippen molar-refractivity contribution < 1.29 is 47.8 Å². The van der Waals surface area contributed by atoms with Crippen molar-refractivity contribution in [2.45, 2.75) is 154 Å². The molecule has 0 aliphatic rings. The van der Waals surface area contributed by atoms with Crippen molar-refractivity contribution in [3.63, 3.8) is 0 Å². The average molecular weight is 767 g/mol. The van der Waals surface area contributed by atoms with Crippen LogP contribution in [0.5, 0.6) is 0 Å². The normalized spacial score (nSPS) is 14.7. The van der Waals surface area contributed by atoms with Crippen LogP contribution in [0.25, 0.3) is 0 Å². The summed E-state index contributed by atoms with van der Waals surface area (Å²) in [6.07, 6.45) is 41.6. The number of hydrogen-bond donors (Lipinski definition) is 3. The number of carbonyl (C=O) groups is 2. The van der Waals surface area contributed by atoms with Crippen molar-refractivity contribution in [2.24, 2.45) is 0 Å². The Bertz CT molecular complexity index is 1110. The average Bonchev–Trinajstić information content (AvgIpc) is 3.14. The van der Waals surface area contributed by atoms with Crippen LogP contribution in [0, 0.1) is 0 Å². The zero-order chi connectivity index (χ0) is 39.1. The van der Waals surface area contributed by atoms with Gasteiger partial charge in [0.25, 0.3) is 0 Å². The number of aliphatic hydroxyl groups is 2. The SMILES string of the molecule is CC/C=C/C/C=C/C/C=C/C/C=C/C/C=C/CCCC(=O)O[C@H](COC(=O)CCCCCCC/C=C/CCCCCC)COP(=O)(O)OC[C@@H](O)CO. The van der Waals surface area contributed by atoms with E-state index in [-0.39, 0.29) is 19.4 Å². The number of phosphoric acid groups is 1. The second-order valence-electron chi connectivity index (χ2n) is 12.9. The second-order valence-corrected chi connectivity index (χ2v) is 14.4. The molecule has 0 aromatic rings. The van der Waals surface area contributed by atoms with Gasteiger partial charge in [0.15, 0.2) is 6.10 Å². The third-order valence-corrected chi connectivity index (χ3v) is 8.80. The van der Waals surface area contributed by atoms with Gasteiger partial charge < -0.3 is 24.6 Å². The maximum absolute atomic E-state index is 12.6. The summed E-state index contributed by atoms with van der Waals surface area (Å²) in [5.41, 5.74) is 0. The summed E-state index contributed by atoms with van der Waals surface area (Å²) < 4.78 is 32.5. The van der Waals surface area contributed by atoms with E-state index < -0.39 is 51.8 Å². The fourth-order valence-electron chi connectivity index (χ4n) is 4.79. The maximum Gasteiger partial charge on any atom is 0.472 e. The first-order chi connectivity index (χ1) is 25.7. The van der Waals surface area contributed by atoms with E-state index >= 15 is 0 Å². The van der Waals surface area contributed by atoms with Crippen LogP contribution in [0.2, 0.25) is 0 Å². The van der Waals surface area contributed by atoms with E-state index in [0.717, 1.165) is 70.6 Å². The third-order valence-electron chi connectivity index (χ3n) is 7.84. The number of esters is 2. The lowest BCUT2D eigenvalue weighted by Crippen LogP contribution is -2.29. The van der Waals surface area contributed by atoms with E-state index in [1.807, 2.05) is 12.2 Å².